The topological polar surface area (TPSA) is 25.8 Å². The van der Waals surface area contributed by atoms with E-state index in [1.54, 1.807) is 12.4 Å². The van der Waals surface area contributed by atoms with Crippen LogP contribution in [-0.4, -0.2) is 15.8 Å². The minimum atomic E-state index is 0.649. The Morgan fingerprint density at radius 3 is 3.00 bits per heavy atom. The molecule has 0 aliphatic rings. The average molecular weight is 183 g/mol. The first kappa shape index (κ1) is 9.20. The predicted molar refractivity (Wildman–Crippen MR) is 51.1 cm³/mol. The lowest BCUT2D eigenvalue weighted by Gasteiger charge is -1.92. The van der Waals surface area contributed by atoms with Crippen molar-refractivity contribution in [3.8, 4) is 0 Å². The Hall–Kier alpha value is -0.890. The van der Waals surface area contributed by atoms with E-state index in [4.69, 9.17) is 11.6 Å². The Kier molecular flexibility index (Phi) is 3.74. The molecule has 64 valence electrons. The Morgan fingerprint density at radius 2 is 2.33 bits per heavy atom. The fraction of sp³-hybridized carbons (Fsp3) is 0.333. The van der Waals surface area contributed by atoms with Gasteiger partial charge in [-0.15, -0.1) is 11.6 Å². The summed E-state index contributed by atoms with van der Waals surface area (Å²) in [5, 5.41) is 0. The zero-order valence-corrected chi connectivity index (χ0v) is 7.75. The van der Waals surface area contributed by atoms with Gasteiger partial charge in [-0.2, -0.15) is 0 Å². The van der Waals surface area contributed by atoms with Crippen LogP contribution in [0.1, 0.15) is 17.8 Å². The number of halogens is 1. The molecule has 0 aliphatic heterocycles. The van der Waals surface area contributed by atoms with E-state index in [1.165, 1.54) is 0 Å². The van der Waals surface area contributed by atoms with E-state index in [1.807, 2.05) is 19.1 Å². The number of nitrogens with zero attached hydrogens (tertiary/aromatic N) is 2. The normalized spacial score (nSPS) is 10.8. The monoisotopic (exact) mass is 182 g/mol. The van der Waals surface area contributed by atoms with Crippen molar-refractivity contribution in [3.05, 3.63) is 29.9 Å². The Bertz CT molecular complexity index is 271. The van der Waals surface area contributed by atoms with E-state index in [9.17, 15) is 0 Å². The highest BCUT2D eigenvalue weighted by molar-refractivity contribution is 6.17. The SMILES string of the molecule is Cc1cncc(C=CCCCl)n1. The Labute approximate surface area is 77.3 Å². The molecule has 0 aliphatic carbocycles. The third kappa shape index (κ3) is 3.01. The summed E-state index contributed by atoms with van der Waals surface area (Å²) in [5.74, 6) is 0.649. The molecule has 0 saturated heterocycles. The Balaban J connectivity index is 2.63. The van der Waals surface area contributed by atoms with Gasteiger partial charge in [-0.05, 0) is 19.4 Å². The van der Waals surface area contributed by atoms with Crippen molar-refractivity contribution in [1.29, 1.82) is 0 Å². The van der Waals surface area contributed by atoms with Crippen molar-refractivity contribution in [1.82, 2.24) is 9.97 Å². The first-order valence-corrected chi connectivity index (χ1v) is 4.37. The second kappa shape index (κ2) is 4.88. The van der Waals surface area contributed by atoms with Gasteiger partial charge in [-0.1, -0.05) is 6.08 Å². The molecule has 0 atom stereocenters. The maximum Gasteiger partial charge on any atom is 0.0812 e. The van der Waals surface area contributed by atoms with Crippen LogP contribution in [-0.2, 0) is 0 Å². The van der Waals surface area contributed by atoms with Gasteiger partial charge in [0.2, 0.25) is 0 Å². The van der Waals surface area contributed by atoms with Gasteiger partial charge in [-0.3, -0.25) is 9.97 Å². The van der Waals surface area contributed by atoms with E-state index in [0.29, 0.717) is 5.88 Å². The summed E-state index contributed by atoms with van der Waals surface area (Å²) in [5.41, 5.74) is 1.82. The van der Waals surface area contributed by atoms with Crippen LogP contribution in [0.3, 0.4) is 0 Å². The summed E-state index contributed by atoms with van der Waals surface area (Å²) in [6.07, 6.45) is 8.27. The van der Waals surface area contributed by atoms with E-state index < -0.39 is 0 Å². The van der Waals surface area contributed by atoms with E-state index >= 15 is 0 Å². The molecule has 2 nitrogen and oxygen atoms in total. The summed E-state index contributed by atoms with van der Waals surface area (Å²) in [6.45, 7) is 1.92. The molecule has 3 heteroatoms. The van der Waals surface area contributed by atoms with Crippen LogP contribution in [0.5, 0.6) is 0 Å². The van der Waals surface area contributed by atoms with Crippen LogP contribution in [0, 0.1) is 6.92 Å². The minimum absolute atomic E-state index is 0.649. The van der Waals surface area contributed by atoms with Crippen LogP contribution < -0.4 is 0 Å². The van der Waals surface area contributed by atoms with Gasteiger partial charge in [0.15, 0.2) is 0 Å². The molecule has 1 aromatic heterocycles. The van der Waals surface area contributed by atoms with Crippen molar-refractivity contribution >= 4 is 17.7 Å². The highest BCUT2D eigenvalue weighted by Gasteiger charge is 1.88. The lowest BCUT2D eigenvalue weighted by molar-refractivity contribution is 1.10. The molecule has 0 aromatic carbocycles. The van der Waals surface area contributed by atoms with Gasteiger partial charge in [0.25, 0.3) is 0 Å². The molecule has 0 radical (unpaired) electrons. The number of hydrogen-bond donors (Lipinski definition) is 0. The third-order valence-electron chi connectivity index (χ3n) is 1.34. The molecule has 12 heavy (non-hydrogen) atoms. The van der Waals surface area contributed by atoms with Gasteiger partial charge in [0, 0.05) is 12.1 Å². The zero-order chi connectivity index (χ0) is 8.81. The van der Waals surface area contributed by atoms with Crippen LogP contribution in [0.2, 0.25) is 0 Å². The lowest BCUT2D eigenvalue weighted by atomic mass is 10.3. The number of rotatable bonds is 3. The maximum atomic E-state index is 5.51. The van der Waals surface area contributed by atoms with E-state index in [2.05, 4.69) is 9.97 Å². The second-order valence-electron chi connectivity index (χ2n) is 2.47. The van der Waals surface area contributed by atoms with Crippen LogP contribution in [0.15, 0.2) is 18.5 Å². The summed E-state index contributed by atoms with van der Waals surface area (Å²) < 4.78 is 0. The summed E-state index contributed by atoms with van der Waals surface area (Å²) in [7, 11) is 0. The van der Waals surface area contributed by atoms with Crippen molar-refractivity contribution in [2.75, 3.05) is 5.88 Å². The number of aryl methyl sites for hydroxylation is 1. The van der Waals surface area contributed by atoms with Gasteiger partial charge in [-0.25, -0.2) is 0 Å². The molecule has 0 fully saturated rings. The molecule has 0 saturated carbocycles. The van der Waals surface area contributed by atoms with Crippen molar-refractivity contribution in [2.45, 2.75) is 13.3 Å². The summed E-state index contributed by atoms with van der Waals surface area (Å²) in [4.78, 5) is 8.27. The van der Waals surface area contributed by atoms with Gasteiger partial charge < -0.3 is 0 Å². The smallest absolute Gasteiger partial charge is 0.0812 e. The van der Waals surface area contributed by atoms with Gasteiger partial charge in [0.1, 0.15) is 0 Å². The third-order valence-corrected chi connectivity index (χ3v) is 1.56. The van der Waals surface area contributed by atoms with Crippen LogP contribution in [0.25, 0.3) is 6.08 Å². The molecular formula is C9H11ClN2. The molecule has 0 amide bonds. The largest absolute Gasteiger partial charge is 0.261 e. The van der Waals surface area contributed by atoms with E-state index in [0.717, 1.165) is 17.8 Å². The first-order chi connectivity index (χ1) is 5.83. The number of hydrogen-bond acceptors (Lipinski definition) is 2. The summed E-state index contributed by atoms with van der Waals surface area (Å²) >= 11 is 5.51. The minimum Gasteiger partial charge on any atom is -0.261 e. The number of allylic oxidation sites excluding steroid dienone is 1. The summed E-state index contributed by atoms with van der Waals surface area (Å²) in [6, 6.07) is 0. The standard InChI is InChI=1S/C9H11ClN2/c1-8-6-11-7-9(12-8)4-2-3-5-10/h2,4,6-7H,3,5H2,1H3. The lowest BCUT2D eigenvalue weighted by Crippen LogP contribution is -1.86. The zero-order valence-electron chi connectivity index (χ0n) is 7.00. The fourth-order valence-electron chi connectivity index (χ4n) is 0.830. The molecular weight excluding hydrogens is 172 g/mol. The predicted octanol–water partition coefficient (Wildman–Crippen LogP) is 2.43. The molecule has 1 heterocycles. The number of aromatic nitrogens is 2. The first-order valence-electron chi connectivity index (χ1n) is 3.84. The number of alkyl halides is 1. The molecule has 0 N–H and O–H groups in total. The van der Waals surface area contributed by atoms with E-state index in [-0.39, 0.29) is 0 Å². The van der Waals surface area contributed by atoms with Crippen molar-refractivity contribution in [2.24, 2.45) is 0 Å². The van der Waals surface area contributed by atoms with Gasteiger partial charge >= 0.3 is 0 Å². The van der Waals surface area contributed by atoms with Crippen LogP contribution >= 0.6 is 11.6 Å². The molecule has 1 aromatic rings. The Morgan fingerprint density at radius 1 is 1.50 bits per heavy atom. The molecule has 0 bridgehead atoms. The average Bonchev–Trinajstić information content (AvgIpc) is 2.05. The van der Waals surface area contributed by atoms with Gasteiger partial charge in [0.05, 0.1) is 17.6 Å². The molecule has 1 rings (SSSR count). The maximum absolute atomic E-state index is 5.51. The molecule has 0 unspecified atom stereocenters. The van der Waals surface area contributed by atoms with Crippen LogP contribution in [0.4, 0.5) is 0 Å². The molecule has 0 spiro atoms. The highest BCUT2D eigenvalue weighted by Crippen LogP contribution is 1.98. The van der Waals surface area contributed by atoms with Crippen molar-refractivity contribution in [3.63, 3.8) is 0 Å². The quantitative estimate of drug-likeness (QED) is 0.671. The highest BCUT2D eigenvalue weighted by atomic mass is 35.5. The van der Waals surface area contributed by atoms with Crippen molar-refractivity contribution < 1.29 is 0 Å². The second-order valence-corrected chi connectivity index (χ2v) is 2.84. The fourth-order valence-corrected chi connectivity index (χ4v) is 0.956.